The molecule has 0 saturated carbocycles. The zero-order valence-corrected chi connectivity index (χ0v) is 13.6. The van der Waals surface area contributed by atoms with Crippen LogP contribution in [0.4, 0.5) is 0 Å². The summed E-state index contributed by atoms with van der Waals surface area (Å²) >= 11 is 6.08. The van der Waals surface area contributed by atoms with Crippen molar-refractivity contribution in [2.24, 2.45) is 5.73 Å². The maximum atomic E-state index is 6.10. The molecule has 0 radical (unpaired) electrons. The lowest BCUT2D eigenvalue weighted by atomic mass is 10.0. The maximum absolute atomic E-state index is 6.10. The van der Waals surface area contributed by atoms with E-state index in [-0.39, 0.29) is 0 Å². The predicted octanol–water partition coefficient (Wildman–Crippen LogP) is 2.82. The van der Waals surface area contributed by atoms with Crippen molar-refractivity contribution in [2.75, 3.05) is 32.7 Å². The Morgan fingerprint density at radius 2 is 2.05 bits per heavy atom. The average Bonchev–Trinajstić information content (AvgIpc) is 3.12. The summed E-state index contributed by atoms with van der Waals surface area (Å²) in [5.41, 5.74) is 8.69. The van der Waals surface area contributed by atoms with E-state index >= 15 is 0 Å². The highest BCUT2D eigenvalue weighted by molar-refractivity contribution is 6.30. The molecule has 2 heterocycles. The van der Waals surface area contributed by atoms with Crippen molar-refractivity contribution < 1.29 is 0 Å². The summed E-state index contributed by atoms with van der Waals surface area (Å²) in [7, 11) is 0. The largest absolute Gasteiger partial charge is 0.329 e. The van der Waals surface area contributed by atoms with Crippen molar-refractivity contribution in [3.05, 3.63) is 34.3 Å². The Labute approximate surface area is 133 Å². The van der Waals surface area contributed by atoms with Crippen molar-refractivity contribution in [3.63, 3.8) is 0 Å². The molecule has 0 spiro atoms. The summed E-state index contributed by atoms with van der Waals surface area (Å²) in [4.78, 5) is 5.24. The average molecular weight is 308 g/mol. The molecule has 4 heteroatoms. The fraction of sp³-hybridized carbons (Fsp3) is 0.647. The van der Waals surface area contributed by atoms with Crippen LogP contribution in [0.25, 0.3) is 0 Å². The summed E-state index contributed by atoms with van der Waals surface area (Å²) in [6, 6.07) is 7.25. The Hall–Kier alpha value is -0.610. The fourth-order valence-electron chi connectivity index (χ4n) is 3.94. The van der Waals surface area contributed by atoms with Gasteiger partial charge >= 0.3 is 0 Å². The predicted molar refractivity (Wildman–Crippen MR) is 88.8 cm³/mol. The highest BCUT2D eigenvalue weighted by Gasteiger charge is 2.33. The second kappa shape index (κ2) is 6.66. The molecule has 2 aliphatic heterocycles. The molecule has 1 aromatic carbocycles. The van der Waals surface area contributed by atoms with E-state index < -0.39 is 0 Å². The number of hydrogen-bond acceptors (Lipinski definition) is 3. The van der Waals surface area contributed by atoms with Crippen LogP contribution in [0.3, 0.4) is 0 Å². The van der Waals surface area contributed by atoms with Gasteiger partial charge in [0.2, 0.25) is 0 Å². The number of nitrogens with two attached hydrogens (primary N) is 1. The van der Waals surface area contributed by atoms with Gasteiger partial charge in [-0.15, -0.1) is 0 Å². The number of rotatable bonds is 4. The molecule has 2 aliphatic rings. The van der Waals surface area contributed by atoms with E-state index in [4.69, 9.17) is 17.3 Å². The van der Waals surface area contributed by atoms with Gasteiger partial charge in [0.1, 0.15) is 0 Å². The molecule has 2 atom stereocenters. The Kier molecular flexibility index (Phi) is 4.85. The second-order valence-electron chi connectivity index (χ2n) is 6.43. The zero-order chi connectivity index (χ0) is 14.8. The van der Waals surface area contributed by atoms with E-state index in [0.717, 1.165) is 24.2 Å². The van der Waals surface area contributed by atoms with Crippen molar-refractivity contribution in [3.8, 4) is 0 Å². The molecule has 2 N–H and O–H groups in total. The Morgan fingerprint density at radius 3 is 2.71 bits per heavy atom. The molecule has 116 valence electrons. The Bertz CT molecular complexity index is 485. The van der Waals surface area contributed by atoms with E-state index in [1.807, 2.05) is 12.1 Å². The van der Waals surface area contributed by atoms with E-state index in [1.54, 1.807) is 0 Å². The van der Waals surface area contributed by atoms with Gasteiger partial charge in [0.25, 0.3) is 0 Å². The molecular formula is C17H26ClN3. The van der Waals surface area contributed by atoms with E-state index in [9.17, 15) is 0 Å². The first-order chi connectivity index (χ1) is 10.2. The smallest absolute Gasteiger partial charge is 0.0473 e. The Morgan fingerprint density at radius 1 is 1.29 bits per heavy atom. The van der Waals surface area contributed by atoms with Gasteiger partial charge < -0.3 is 5.73 Å². The maximum Gasteiger partial charge on any atom is 0.0473 e. The second-order valence-corrected chi connectivity index (χ2v) is 6.87. The Balaban J connectivity index is 1.72. The molecule has 3 rings (SSSR count). The fourth-order valence-corrected chi connectivity index (χ4v) is 4.17. The lowest BCUT2D eigenvalue weighted by molar-refractivity contribution is 0.202. The first kappa shape index (κ1) is 15.3. The van der Waals surface area contributed by atoms with Gasteiger partial charge in [0.05, 0.1) is 0 Å². The first-order valence-corrected chi connectivity index (χ1v) is 8.51. The highest BCUT2D eigenvalue weighted by atomic mass is 35.5. The minimum atomic E-state index is 0.329. The molecule has 0 aliphatic carbocycles. The van der Waals surface area contributed by atoms with Crippen molar-refractivity contribution in [1.82, 2.24) is 9.80 Å². The number of nitrogens with zero attached hydrogens (tertiary/aromatic N) is 2. The molecule has 2 saturated heterocycles. The summed E-state index contributed by atoms with van der Waals surface area (Å²) in [6.45, 7) is 7.69. The minimum absolute atomic E-state index is 0.329. The van der Waals surface area contributed by atoms with Gasteiger partial charge in [0, 0.05) is 36.7 Å². The number of aryl methyl sites for hydroxylation is 1. The van der Waals surface area contributed by atoms with Crippen LogP contribution in [0.15, 0.2) is 18.2 Å². The van der Waals surface area contributed by atoms with Crippen molar-refractivity contribution >= 4 is 11.6 Å². The van der Waals surface area contributed by atoms with E-state index in [2.05, 4.69) is 22.8 Å². The lowest BCUT2D eigenvalue weighted by Gasteiger charge is -2.30. The molecule has 0 bridgehead atoms. The van der Waals surface area contributed by atoms with Gasteiger partial charge in [-0.3, -0.25) is 9.80 Å². The topological polar surface area (TPSA) is 32.5 Å². The summed E-state index contributed by atoms with van der Waals surface area (Å²) in [5, 5.41) is 0.809. The molecule has 3 nitrogen and oxygen atoms in total. The first-order valence-electron chi connectivity index (χ1n) is 8.13. The van der Waals surface area contributed by atoms with Gasteiger partial charge in [-0.05, 0) is 62.5 Å². The third-order valence-electron chi connectivity index (χ3n) is 5.11. The number of halogens is 1. The van der Waals surface area contributed by atoms with Crippen LogP contribution in [-0.2, 0) is 0 Å². The molecule has 21 heavy (non-hydrogen) atoms. The van der Waals surface area contributed by atoms with E-state index in [1.165, 1.54) is 43.5 Å². The van der Waals surface area contributed by atoms with Crippen LogP contribution in [0, 0.1) is 6.92 Å². The normalized spacial score (nSPS) is 25.6. The molecule has 2 unspecified atom stereocenters. The van der Waals surface area contributed by atoms with Gasteiger partial charge in [0.15, 0.2) is 0 Å². The summed E-state index contributed by atoms with van der Waals surface area (Å²) in [5.74, 6) is 0. The third-order valence-corrected chi connectivity index (χ3v) is 5.34. The van der Waals surface area contributed by atoms with Crippen LogP contribution < -0.4 is 5.73 Å². The summed E-state index contributed by atoms with van der Waals surface area (Å²) in [6.07, 6.45) is 4.02. The molecule has 2 fully saturated rings. The summed E-state index contributed by atoms with van der Waals surface area (Å²) < 4.78 is 0. The number of likely N-dealkylation sites (tertiary alicyclic amines) is 2. The number of benzene rings is 1. The highest BCUT2D eigenvalue weighted by Crippen LogP contribution is 2.30. The van der Waals surface area contributed by atoms with Gasteiger partial charge in [-0.1, -0.05) is 17.7 Å². The SMILES string of the molecule is Cc1cc(Cl)ccc1C(CN)N1CCC(N2CCCC2)C1. The minimum Gasteiger partial charge on any atom is -0.329 e. The van der Waals surface area contributed by atoms with Crippen LogP contribution >= 0.6 is 11.6 Å². The lowest BCUT2D eigenvalue weighted by Crippen LogP contribution is -2.38. The zero-order valence-electron chi connectivity index (χ0n) is 12.9. The van der Waals surface area contributed by atoms with Crippen LogP contribution in [0.1, 0.15) is 36.4 Å². The monoisotopic (exact) mass is 307 g/mol. The van der Waals surface area contributed by atoms with Gasteiger partial charge in [-0.2, -0.15) is 0 Å². The van der Waals surface area contributed by atoms with Crippen molar-refractivity contribution in [2.45, 2.75) is 38.3 Å². The molecular weight excluding hydrogens is 282 g/mol. The van der Waals surface area contributed by atoms with Gasteiger partial charge in [-0.25, -0.2) is 0 Å². The van der Waals surface area contributed by atoms with Crippen LogP contribution in [0.2, 0.25) is 5.02 Å². The van der Waals surface area contributed by atoms with Crippen LogP contribution in [0.5, 0.6) is 0 Å². The quantitative estimate of drug-likeness (QED) is 0.928. The third kappa shape index (κ3) is 3.26. The molecule has 0 amide bonds. The molecule has 0 aromatic heterocycles. The van der Waals surface area contributed by atoms with E-state index in [0.29, 0.717) is 12.6 Å². The standard InChI is InChI=1S/C17H26ClN3/c1-13-10-14(18)4-5-16(13)17(11-19)21-9-6-15(12-21)20-7-2-3-8-20/h4-5,10,15,17H,2-3,6-9,11-12,19H2,1H3. The van der Waals surface area contributed by atoms with Crippen LogP contribution in [-0.4, -0.2) is 48.6 Å². The number of hydrogen-bond donors (Lipinski definition) is 1. The molecule has 1 aromatic rings. The van der Waals surface area contributed by atoms with Crippen molar-refractivity contribution in [1.29, 1.82) is 0 Å².